The maximum atomic E-state index is 12.7. The number of amides is 1. The van der Waals surface area contributed by atoms with E-state index in [0.29, 0.717) is 17.3 Å². The van der Waals surface area contributed by atoms with Crippen molar-refractivity contribution in [1.82, 2.24) is 4.98 Å². The summed E-state index contributed by atoms with van der Waals surface area (Å²) in [7, 11) is 0. The summed E-state index contributed by atoms with van der Waals surface area (Å²) in [6, 6.07) is 9.38. The second kappa shape index (κ2) is 7.53. The Morgan fingerprint density at radius 2 is 1.92 bits per heavy atom. The number of hydrogen-bond donors (Lipinski definition) is 0. The predicted octanol–water partition coefficient (Wildman–Crippen LogP) is 4.34. The van der Waals surface area contributed by atoms with E-state index in [1.165, 1.54) is 23.2 Å². The summed E-state index contributed by atoms with van der Waals surface area (Å²) in [5.74, 6) is -0.864. The maximum absolute atomic E-state index is 12.7. The van der Waals surface area contributed by atoms with Crippen molar-refractivity contribution in [3.63, 3.8) is 0 Å². The summed E-state index contributed by atoms with van der Waals surface area (Å²) in [5.41, 5.74) is 0.524. The number of carbonyl (C=O) groups is 1. The molecule has 2 aromatic rings. The highest BCUT2D eigenvalue weighted by Gasteiger charge is 2.30. The van der Waals surface area contributed by atoms with E-state index >= 15 is 0 Å². The van der Waals surface area contributed by atoms with Crippen molar-refractivity contribution in [2.45, 2.75) is 13.1 Å². The van der Waals surface area contributed by atoms with Crippen LogP contribution < -0.4 is 9.64 Å². The number of alkyl halides is 3. The van der Waals surface area contributed by atoms with E-state index in [-0.39, 0.29) is 11.4 Å². The van der Waals surface area contributed by atoms with Crippen LogP contribution in [0.5, 0.6) is 5.88 Å². The fourth-order valence-corrected chi connectivity index (χ4v) is 2.15. The third kappa shape index (κ3) is 4.61. The molecule has 0 saturated heterocycles. The quantitative estimate of drug-likeness (QED) is 0.798. The number of hydrogen-bond acceptors (Lipinski definition) is 3. The molecule has 0 atom stereocenters. The molecule has 0 saturated carbocycles. The van der Waals surface area contributed by atoms with Crippen molar-refractivity contribution >= 4 is 23.2 Å². The minimum atomic E-state index is -4.52. The molecule has 8 heteroatoms. The molecule has 0 bridgehead atoms. The second-order valence-corrected chi connectivity index (χ2v) is 5.22. The first-order chi connectivity index (χ1) is 11.3. The maximum Gasteiger partial charge on any atom is 0.422 e. The van der Waals surface area contributed by atoms with Crippen LogP contribution in [-0.2, 0) is 0 Å². The number of ether oxygens (including phenoxy) is 1. The van der Waals surface area contributed by atoms with E-state index < -0.39 is 18.7 Å². The third-order valence-electron chi connectivity index (χ3n) is 3.07. The van der Waals surface area contributed by atoms with Gasteiger partial charge in [0.05, 0.1) is 0 Å². The fourth-order valence-electron chi connectivity index (χ4n) is 2.03. The number of nitrogens with zero attached hydrogens (tertiary/aromatic N) is 2. The Morgan fingerprint density at radius 3 is 2.50 bits per heavy atom. The Hall–Kier alpha value is -2.28. The number of pyridine rings is 1. The van der Waals surface area contributed by atoms with Crippen molar-refractivity contribution in [2.75, 3.05) is 18.1 Å². The number of benzene rings is 1. The molecule has 24 heavy (non-hydrogen) atoms. The molecule has 1 amide bonds. The second-order valence-electron chi connectivity index (χ2n) is 4.79. The van der Waals surface area contributed by atoms with Crippen LogP contribution >= 0.6 is 11.6 Å². The van der Waals surface area contributed by atoms with Crippen LogP contribution in [0.1, 0.15) is 17.3 Å². The number of carbonyl (C=O) groups excluding carboxylic acids is 1. The number of halogens is 4. The summed E-state index contributed by atoms with van der Waals surface area (Å²) < 4.78 is 41.7. The SMILES string of the molecule is CCN(C(=O)c1cccnc1OCC(F)(F)F)c1ccc(Cl)cc1. The van der Waals surface area contributed by atoms with Crippen LogP contribution in [0.15, 0.2) is 42.6 Å². The van der Waals surface area contributed by atoms with Crippen LogP contribution in [-0.4, -0.2) is 30.2 Å². The summed E-state index contributed by atoms with van der Waals surface area (Å²) >= 11 is 5.83. The monoisotopic (exact) mass is 358 g/mol. The molecule has 2 rings (SSSR count). The third-order valence-corrected chi connectivity index (χ3v) is 3.33. The lowest BCUT2D eigenvalue weighted by molar-refractivity contribution is -0.154. The lowest BCUT2D eigenvalue weighted by Crippen LogP contribution is -2.31. The first-order valence-corrected chi connectivity index (χ1v) is 7.41. The van der Waals surface area contributed by atoms with Gasteiger partial charge in [0, 0.05) is 23.5 Å². The predicted molar refractivity (Wildman–Crippen MR) is 84.6 cm³/mol. The van der Waals surface area contributed by atoms with Gasteiger partial charge in [0.2, 0.25) is 5.88 Å². The average Bonchev–Trinajstić information content (AvgIpc) is 2.55. The van der Waals surface area contributed by atoms with Gasteiger partial charge in [0.25, 0.3) is 5.91 Å². The molecule has 1 heterocycles. The van der Waals surface area contributed by atoms with Gasteiger partial charge in [-0.25, -0.2) is 4.98 Å². The van der Waals surface area contributed by atoms with Crippen molar-refractivity contribution in [3.05, 3.63) is 53.2 Å². The van der Waals surface area contributed by atoms with Crippen LogP contribution in [0.2, 0.25) is 5.02 Å². The average molecular weight is 359 g/mol. The lowest BCUT2D eigenvalue weighted by Gasteiger charge is -2.22. The fraction of sp³-hybridized carbons (Fsp3) is 0.250. The highest BCUT2D eigenvalue weighted by molar-refractivity contribution is 6.30. The summed E-state index contributed by atoms with van der Waals surface area (Å²) in [4.78, 5) is 17.8. The van der Waals surface area contributed by atoms with Gasteiger partial charge in [-0.3, -0.25) is 4.79 Å². The van der Waals surface area contributed by atoms with Gasteiger partial charge >= 0.3 is 6.18 Å². The summed E-state index contributed by atoms with van der Waals surface area (Å²) in [5, 5.41) is 0.512. The van der Waals surface area contributed by atoms with E-state index in [2.05, 4.69) is 9.72 Å². The molecular formula is C16H14ClF3N2O2. The van der Waals surface area contributed by atoms with Crippen molar-refractivity contribution in [3.8, 4) is 5.88 Å². The Kier molecular flexibility index (Phi) is 5.66. The van der Waals surface area contributed by atoms with Gasteiger partial charge in [-0.1, -0.05) is 11.6 Å². The standard InChI is InChI=1S/C16H14ClF3N2O2/c1-2-22(12-7-5-11(17)6-8-12)15(23)13-4-3-9-21-14(13)24-10-16(18,19)20/h3-9H,2,10H2,1H3. The molecule has 1 aromatic heterocycles. The Morgan fingerprint density at radius 1 is 1.25 bits per heavy atom. The molecule has 4 nitrogen and oxygen atoms in total. The van der Waals surface area contributed by atoms with Crippen molar-refractivity contribution in [2.24, 2.45) is 0 Å². The minimum absolute atomic E-state index is 0.0430. The zero-order valence-corrected chi connectivity index (χ0v) is 13.4. The summed E-state index contributed by atoms with van der Waals surface area (Å²) in [6.45, 7) is 0.546. The van der Waals surface area contributed by atoms with E-state index in [0.717, 1.165) is 0 Å². The Balaban J connectivity index is 2.29. The van der Waals surface area contributed by atoms with Gasteiger partial charge in [0.15, 0.2) is 6.61 Å². The highest BCUT2D eigenvalue weighted by atomic mass is 35.5. The normalized spacial score (nSPS) is 11.2. The first kappa shape index (κ1) is 18.1. The Labute approximate surface area is 141 Å². The topological polar surface area (TPSA) is 42.4 Å². The minimum Gasteiger partial charge on any atom is -0.467 e. The Bertz CT molecular complexity index is 705. The zero-order chi connectivity index (χ0) is 17.7. The van der Waals surface area contributed by atoms with E-state index in [1.54, 1.807) is 31.2 Å². The van der Waals surface area contributed by atoms with E-state index in [4.69, 9.17) is 11.6 Å². The van der Waals surface area contributed by atoms with E-state index in [9.17, 15) is 18.0 Å². The van der Waals surface area contributed by atoms with Crippen LogP contribution in [0.4, 0.5) is 18.9 Å². The first-order valence-electron chi connectivity index (χ1n) is 7.04. The number of anilines is 1. The number of aromatic nitrogens is 1. The molecule has 0 N–H and O–H groups in total. The molecule has 128 valence electrons. The smallest absolute Gasteiger partial charge is 0.422 e. The van der Waals surface area contributed by atoms with E-state index in [1.807, 2.05) is 0 Å². The zero-order valence-electron chi connectivity index (χ0n) is 12.7. The van der Waals surface area contributed by atoms with Crippen molar-refractivity contribution in [1.29, 1.82) is 0 Å². The molecule has 0 unspecified atom stereocenters. The molecule has 0 fully saturated rings. The molecule has 0 aliphatic carbocycles. The molecule has 0 aliphatic rings. The van der Waals surface area contributed by atoms with Crippen LogP contribution in [0.25, 0.3) is 0 Å². The van der Waals surface area contributed by atoms with Gasteiger partial charge in [-0.2, -0.15) is 13.2 Å². The molecule has 0 spiro atoms. The summed E-state index contributed by atoms with van der Waals surface area (Å²) in [6.07, 6.45) is -3.25. The van der Waals surface area contributed by atoms with Gasteiger partial charge in [-0.15, -0.1) is 0 Å². The molecular weight excluding hydrogens is 345 g/mol. The molecule has 0 radical (unpaired) electrons. The molecule has 0 aliphatic heterocycles. The number of rotatable bonds is 5. The largest absolute Gasteiger partial charge is 0.467 e. The lowest BCUT2D eigenvalue weighted by atomic mass is 10.2. The van der Waals surface area contributed by atoms with Crippen molar-refractivity contribution < 1.29 is 22.7 Å². The van der Waals surface area contributed by atoms with Gasteiger partial charge in [0.1, 0.15) is 5.56 Å². The van der Waals surface area contributed by atoms with Gasteiger partial charge < -0.3 is 9.64 Å². The molecule has 1 aromatic carbocycles. The van der Waals surface area contributed by atoms with Crippen LogP contribution in [0.3, 0.4) is 0 Å². The highest BCUT2D eigenvalue weighted by Crippen LogP contribution is 2.24. The van der Waals surface area contributed by atoms with Gasteiger partial charge in [-0.05, 0) is 43.3 Å². The van der Waals surface area contributed by atoms with Crippen LogP contribution in [0, 0.1) is 0 Å².